The summed E-state index contributed by atoms with van der Waals surface area (Å²) in [5.41, 5.74) is 0.762. The molecule has 6 nitrogen and oxygen atoms in total. The van der Waals surface area contributed by atoms with Crippen molar-refractivity contribution in [2.75, 3.05) is 13.2 Å². The molecule has 1 aliphatic heterocycles. The van der Waals surface area contributed by atoms with Crippen LogP contribution >= 0.6 is 15.9 Å². The molecule has 0 amide bonds. The zero-order valence-electron chi connectivity index (χ0n) is 13.5. The molecular formula is C19H13BrO6. The Morgan fingerprint density at radius 3 is 2.62 bits per heavy atom. The van der Waals surface area contributed by atoms with Crippen LogP contribution in [0.3, 0.4) is 0 Å². The van der Waals surface area contributed by atoms with Crippen molar-refractivity contribution in [3.8, 4) is 11.5 Å². The zero-order valence-corrected chi connectivity index (χ0v) is 15.1. The highest BCUT2D eigenvalue weighted by atomic mass is 79.9. The second kappa shape index (κ2) is 6.84. The Bertz CT molecular complexity index is 1060. The Labute approximate surface area is 156 Å². The summed E-state index contributed by atoms with van der Waals surface area (Å²) >= 11 is 3.43. The molecule has 0 aliphatic carbocycles. The van der Waals surface area contributed by atoms with E-state index in [1.807, 2.05) is 0 Å². The van der Waals surface area contributed by atoms with Crippen LogP contribution in [0.5, 0.6) is 11.5 Å². The number of fused-ring (bicyclic) bond motifs is 2. The molecule has 3 aromatic rings. The molecule has 7 heteroatoms. The fourth-order valence-electron chi connectivity index (χ4n) is 2.64. The Kier molecular flexibility index (Phi) is 4.38. The summed E-state index contributed by atoms with van der Waals surface area (Å²) in [6.07, 6.45) is 0. The molecule has 0 saturated heterocycles. The van der Waals surface area contributed by atoms with Crippen molar-refractivity contribution in [1.82, 2.24) is 0 Å². The van der Waals surface area contributed by atoms with Crippen LogP contribution in [0.25, 0.3) is 11.0 Å². The number of benzene rings is 2. The van der Waals surface area contributed by atoms with Gasteiger partial charge in [-0.3, -0.25) is 4.79 Å². The fraction of sp³-hybridized carbons (Fsp3) is 0.158. The van der Waals surface area contributed by atoms with Crippen LogP contribution < -0.4 is 14.9 Å². The maximum absolute atomic E-state index is 12.3. The molecule has 0 bridgehead atoms. The lowest BCUT2D eigenvalue weighted by atomic mass is 10.2. The van der Waals surface area contributed by atoms with E-state index < -0.39 is 5.97 Å². The van der Waals surface area contributed by atoms with E-state index in [-0.39, 0.29) is 17.8 Å². The van der Waals surface area contributed by atoms with Gasteiger partial charge in [0.05, 0.1) is 5.39 Å². The topological polar surface area (TPSA) is 75.0 Å². The summed E-state index contributed by atoms with van der Waals surface area (Å²) in [6, 6.07) is 11.4. The number of carbonyl (C=O) groups excluding carboxylic acids is 1. The van der Waals surface area contributed by atoms with Crippen molar-refractivity contribution in [3.05, 3.63) is 68.5 Å². The van der Waals surface area contributed by atoms with Gasteiger partial charge >= 0.3 is 5.97 Å². The second-order valence-corrected chi connectivity index (χ2v) is 6.49. The highest BCUT2D eigenvalue weighted by Crippen LogP contribution is 2.35. The lowest BCUT2D eigenvalue weighted by molar-refractivity contribution is 0.0435. The molecule has 132 valence electrons. The Morgan fingerprint density at radius 2 is 1.81 bits per heavy atom. The monoisotopic (exact) mass is 416 g/mol. The largest absolute Gasteiger partial charge is 0.486 e. The SMILES string of the molecule is O=C(OCc1cc2c(cc1Br)OCCO2)c1cc(=O)c2ccccc2o1. The molecule has 26 heavy (non-hydrogen) atoms. The third-order valence-electron chi connectivity index (χ3n) is 3.91. The van der Waals surface area contributed by atoms with E-state index in [4.69, 9.17) is 18.6 Å². The second-order valence-electron chi connectivity index (χ2n) is 5.63. The first-order chi connectivity index (χ1) is 12.6. The Balaban J connectivity index is 1.55. The Morgan fingerprint density at radius 1 is 1.08 bits per heavy atom. The van der Waals surface area contributed by atoms with Gasteiger partial charge in [-0.05, 0) is 24.3 Å². The van der Waals surface area contributed by atoms with Crippen LogP contribution in [0.15, 0.2) is 56.1 Å². The number of para-hydroxylation sites is 1. The summed E-state index contributed by atoms with van der Waals surface area (Å²) < 4.78 is 22.5. The van der Waals surface area contributed by atoms with Crippen LogP contribution in [0.2, 0.25) is 0 Å². The number of ether oxygens (including phenoxy) is 3. The molecule has 0 atom stereocenters. The van der Waals surface area contributed by atoms with Crippen molar-refractivity contribution in [2.45, 2.75) is 6.61 Å². The molecular weight excluding hydrogens is 404 g/mol. The number of esters is 1. The fourth-order valence-corrected chi connectivity index (χ4v) is 3.07. The third kappa shape index (κ3) is 3.17. The lowest BCUT2D eigenvalue weighted by Crippen LogP contribution is -2.16. The number of carbonyl (C=O) groups is 1. The molecule has 0 saturated carbocycles. The van der Waals surface area contributed by atoms with Gasteiger partial charge in [0, 0.05) is 16.1 Å². The van der Waals surface area contributed by atoms with Gasteiger partial charge in [-0.1, -0.05) is 28.1 Å². The summed E-state index contributed by atoms with van der Waals surface area (Å²) in [6.45, 7) is 0.956. The standard InChI is InChI=1S/C19H13BrO6/c20-13-8-17-16(23-5-6-24-17)7-11(13)10-25-19(22)18-9-14(21)12-3-1-2-4-15(12)26-18/h1-4,7-9H,5-6,10H2. The van der Waals surface area contributed by atoms with Crippen LogP contribution in [0, 0.1) is 0 Å². The molecule has 0 radical (unpaired) electrons. The van der Waals surface area contributed by atoms with Gasteiger partial charge in [-0.25, -0.2) is 4.79 Å². The molecule has 0 unspecified atom stereocenters. The highest BCUT2D eigenvalue weighted by molar-refractivity contribution is 9.10. The minimum absolute atomic E-state index is 0.00735. The highest BCUT2D eigenvalue weighted by Gasteiger charge is 2.18. The van der Waals surface area contributed by atoms with Crippen molar-refractivity contribution in [1.29, 1.82) is 0 Å². The average Bonchev–Trinajstić information content (AvgIpc) is 2.66. The first-order valence-corrected chi connectivity index (χ1v) is 8.69. The molecule has 4 rings (SSSR count). The van der Waals surface area contributed by atoms with E-state index in [1.165, 1.54) is 0 Å². The van der Waals surface area contributed by atoms with Gasteiger partial charge < -0.3 is 18.6 Å². The molecule has 1 aliphatic rings. The molecule has 0 fully saturated rings. The summed E-state index contributed by atoms with van der Waals surface area (Å²) in [5.74, 6) is 0.387. The van der Waals surface area contributed by atoms with E-state index in [9.17, 15) is 9.59 Å². The first kappa shape index (κ1) is 16.7. The number of hydrogen-bond donors (Lipinski definition) is 0. The summed E-state index contributed by atoms with van der Waals surface area (Å²) in [4.78, 5) is 24.4. The summed E-state index contributed by atoms with van der Waals surface area (Å²) in [7, 11) is 0. The van der Waals surface area contributed by atoms with Gasteiger partial charge in [0.25, 0.3) is 0 Å². The maximum atomic E-state index is 12.3. The maximum Gasteiger partial charge on any atom is 0.374 e. The van der Waals surface area contributed by atoms with E-state index in [0.717, 1.165) is 10.5 Å². The van der Waals surface area contributed by atoms with Crippen molar-refractivity contribution < 1.29 is 23.4 Å². The third-order valence-corrected chi connectivity index (χ3v) is 4.64. The smallest absolute Gasteiger partial charge is 0.374 e. The van der Waals surface area contributed by atoms with Gasteiger partial charge in [0.1, 0.15) is 25.4 Å². The lowest BCUT2D eigenvalue weighted by Gasteiger charge is -2.19. The number of halogens is 1. The number of rotatable bonds is 3. The predicted octanol–water partition coefficient (Wildman–Crippen LogP) is 3.68. The molecule has 0 N–H and O–H groups in total. The van der Waals surface area contributed by atoms with E-state index in [0.29, 0.717) is 41.2 Å². The van der Waals surface area contributed by atoms with E-state index in [2.05, 4.69) is 15.9 Å². The van der Waals surface area contributed by atoms with Crippen molar-refractivity contribution >= 4 is 32.9 Å². The predicted molar refractivity (Wildman–Crippen MR) is 96.7 cm³/mol. The minimum Gasteiger partial charge on any atom is -0.486 e. The average molecular weight is 417 g/mol. The minimum atomic E-state index is -0.713. The van der Waals surface area contributed by atoms with E-state index >= 15 is 0 Å². The van der Waals surface area contributed by atoms with Crippen LogP contribution in [-0.2, 0) is 11.3 Å². The van der Waals surface area contributed by atoms with Crippen molar-refractivity contribution in [3.63, 3.8) is 0 Å². The van der Waals surface area contributed by atoms with Crippen LogP contribution in [0.1, 0.15) is 16.1 Å². The van der Waals surface area contributed by atoms with Crippen LogP contribution in [-0.4, -0.2) is 19.2 Å². The summed E-state index contributed by atoms with van der Waals surface area (Å²) in [5, 5.41) is 0.415. The normalized spacial score (nSPS) is 12.8. The molecule has 1 aromatic heterocycles. The zero-order chi connectivity index (χ0) is 18.1. The quantitative estimate of drug-likeness (QED) is 0.606. The van der Waals surface area contributed by atoms with Gasteiger partial charge in [-0.15, -0.1) is 0 Å². The first-order valence-electron chi connectivity index (χ1n) is 7.90. The van der Waals surface area contributed by atoms with Gasteiger partial charge in [0.2, 0.25) is 5.76 Å². The molecule has 2 heterocycles. The molecule has 2 aromatic carbocycles. The Hall–Kier alpha value is -2.80. The number of hydrogen-bond acceptors (Lipinski definition) is 6. The van der Waals surface area contributed by atoms with Gasteiger partial charge in [-0.2, -0.15) is 0 Å². The van der Waals surface area contributed by atoms with Crippen molar-refractivity contribution in [2.24, 2.45) is 0 Å². The molecule has 0 spiro atoms. The van der Waals surface area contributed by atoms with E-state index in [1.54, 1.807) is 36.4 Å². The van der Waals surface area contributed by atoms with Crippen LogP contribution in [0.4, 0.5) is 0 Å². The van der Waals surface area contributed by atoms with Gasteiger partial charge in [0.15, 0.2) is 16.9 Å².